The molecule has 0 aromatic rings. The Morgan fingerprint density at radius 3 is 2.20 bits per heavy atom. The van der Waals surface area contributed by atoms with Crippen LogP contribution in [0.3, 0.4) is 0 Å². The summed E-state index contributed by atoms with van der Waals surface area (Å²) >= 11 is 0. The maximum Gasteiger partial charge on any atom is 0.222 e. The number of carbonyl (C=O) groups is 1. The molecule has 0 rings (SSSR count). The van der Waals surface area contributed by atoms with Gasteiger partial charge in [0.25, 0.3) is 0 Å². The quantitative estimate of drug-likeness (QED) is 0.487. The normalized spacial score (nSPS) is 11.9. The molecule has 0 saturated carbocycles. The number of hydrogen-bond donors (Lipinski definition) is 3. The van der Waals surface area contributed by atoms with Gasteiger partial charge in [0.05, 0.1) is 0 Å². The Bertz CT molecular complexity index is 162. The van der Waals surface area contributed by atoms with E-state index in [0.717, 1.165) is 5.70 Å². The highest BCUT2D eigenvalue weighted by Gasteiger charge is 1.95. The number of allylic oxidation sites excluding steroid dienone is 1. The van der Waals surface area contributed by atoms with E-state index >= 15 is 0 Å². The Balaban J connectivity index is 4.04. The lowest BCUT2D eigenvalue weighted by atomic mass is 10.4. The summed E-state index contributed by atoms with van der Waals surface area (Å²) in [5.41, 5.74) is 6.17. The molecule has 0 aliphatic heterocycles. The standard InChI is InChI=1S/C6H13N3O/c1-4(8-3)6(7)9-5(2)10/h8H,7H2,1-3H3,(H,9,10)/b6-4+. The van der Waals surface area contributed by atoms with Crippen LogP contribution >= 0.6 is 0 Å². The lowest BCUT2D eigenvalue weighted by Gasteiger charge is -2.05. The smallest absolute Gasteiger partial charge is 0.222 e. The second-order valence-corrected chi connectivity index (χ2v) is 1.97. The van der Waals surface area contributed by atoms with E-state index in [2.05, 4.69) is 10.6 Å². The molecule has 0 atom stereocenters. The molecule has 0 heterocycles. The predicted molar refractivity (Wildman–Crippen MR) is 39.8 cm³/mol. The molecule has 10 heavy (non-hydrogen) atoms. The highest BCUT2D eigenvalue weighted by Crippen LogP contribution is 1.86. The molecule has 0 aromatic heterocycles. The summed E-state index contributed by atoms with van der Waals surface area (Å²) in [7, 11) is 1.74. The third-order valence-electron chi connectivity index (χ3n) is 1.09. The molecule has 4 N–H and O–H groups in total. The van der Waals surface area contributed by atoms with Crippen molar-refractivity contribution in [3.05, 3.63) is 11.5 Å². The van der Waals surface area contributed by atoms with Gasteiger partial charge >= 0.3 is 0 Å². The number of hydrogen-bond acceptors (Lipinski definition) is 3. The van der Waals surface area contributed by atoms with Gasteiger partial charge < -0.3 is 16.4 Å². The molecule has 0 aliphatic carbocycles. The molecule has 0 unspecified atom stereocenters. The van der Waals surface area contributed by atoms with Gasteiger partial charge in [0.2, 0.25) is 5.91 Å². The van der Waals surface area contributed by atoms with Crippen molar-refractivity contribution < 1.29 is 4.79 Å². The van der Waals surface area contributed by atoms with E-state index in [9.17, 15) is 4.79 Å². The molecule has 0 aromatic carbocycles. The van der Waals surface area contributed by atoms with Crippen molar-refractivity contribution in [2.24, 2.45) is 5.73 Å². The largest absolute Gasteiger partial charge is 0.389 e. The van der Waals surface area contributed by atoms with Crippen molar-refractivity contribution in [2.45, 2.75) is 13.8 Å². The van der Waals surface area contributed by atoms with Crippen LogP contribution in [0, 0.1) is 0 Å². The van der Waals surface area contributed by atoms with Gasteiger partial charge in [0.15, 0.2) is 0 Å². The lowest BCUT2D eigenvalue weighted by Crippen LogP contribution is -2.28. The molecule has 0 radical (unpaired) electrons. The Labute approximate surface area is 60.5 Å². The zero-order valence-corrected chi connectivity index (χ0v) is 6.49. The van der Waals surface area contributed by atoms with E-state index < -0.39 is 0 Å². The van der Waals surface area contributed by atoms with Gasteiger partial charge in [-0.25, -0.2) is 0 Å². The molecule has 4 nitrogen and oxygen atoms in total. The van der Waals surface area contributed by atoms with Crippen LogP contribution in [0.2, 0.25) is 0 Å². The second-order valence-electron chi connectivity index (χ2n) is 1.97. The minimum atomic E-state index is -0.160. The van der Waals surface area contributed by atoms with Crippen LogP contribution in [0.4, 0.5) is 0 Å². The van der Waals surface area contributed by atoms with Crippen molar-refractivity contribution in [1.29, 1.82) is 0 Å². The SMILES string of the molecule is CN/C(C)=C(\N)NC(C)=O. The minimum Gasteiger partial charge on any atom is -0.389 e. The summed E-state index contributed by atoms with van der Waals surface area (Å²) in [6.07, 6.45) is 0. The number of carbonyl (C=O) groups excluding carboxylic acids is 1. The van der Waals surface area contributed by atoms with Gasteiger partial charge in [-0.1, -0.05) is 0 Å². The van der Waals surface area contributed by atoms with Crippen LogP contribution < -0.4 is 16.4 Å². The summed E-state index contributed by atoms with van der Waals surface area (Å²) < 4.78 is 0. The van der Waals surface area contributed by atoms with Crippen LogP contribution in [0.15, 0.2) is 11.5 Å². The van der Waals surface area contributed by atoms with Crippen molar-refractivity contribution in [3.63, 3.8) is 0 Å². The number of rotatable bonds is 2. The fourth-order valence-corrected chi connectivity index (χ4v) is 0.418. The fraction of sp³-hybridized carbons (Fsp3) is 0.500. The first-order valence-electron chi connectivity index (χ1n) is 2.99. The molecule has 0 aliphatic rings. The Morgan fingerprint density at radius 2 is 1.90 bits per heavy atom. The van der Waals surface area contributed by atoms with Crippen LogP contribution in [-0.2, 0) is 4.79 Å². The molecule has 0 fully saturated rings. The first-order chi connectivity index (χ1) is 4.57. The molecule has 0 bridgehead atoms. The first-order valence-corrected chi connectivity index (χ1v) is 2.99. The van der Waals surface area contributed by atoms with E-state index in [-0.39, 0.29) is 5.91 Å². The van der Waals surface area contributed by atoms with Crippen molar-refractivity contribution in [1.82, 2.24) is 10.6 Å². The van der Waals surface area contributed by atoms with Gasteiger partial charge in [-0.05, 0) is 6.92 Å². The Morgan fingerprint density at radius 1 is 1.40 bits per heavy atom. The minimum absolute atomic E-state index is 0.160. The Hall–Kier alpha value is -1.19. The highest BCUT2D eigenvalue weighted by atomic mass is 16.1. The van der Waals surface area contributed by atoms with Crippen LogP contribution in [0.5, 0.6) is 0 Å². The van der Waals surface area contributed by atoms with E-state index in [1.807, 2.05) is 0 Å². The van der Waals surface area contributed by atoms with Crippen LogP contribution in [0.1, 0.15) is 13.8 Å². The summed E-state index contributed by atoms with van der Waals surface area (Å²) in [6.45, 7) is 3.20. The summed E-state index contributed by atoms with van der Waals surface area (Å²) in [5.74, 6) is 0.210. The molecule has 0 saturated heterocycles. The number of amides is 1. The van der Waals surface area contributed by atoms with E-state index in [0.29, 0.717) is 5.82 Å². The fourth-order valence-electron chi connectivity index (χ4n) is 0.418. The average molecular weight is 143 g/mol. The summed E-state index contributed by atoms with van der Waals surface area (Å²) in [4.78, 5) is 10.4. The van der Waals surface area contributed by atoms with E-state index in [4.69, 9.17) is 5.73 Å². The molecular formula is C6H13N3O. The van der Waals surface area contributed by atoms with Gasteiger partial charge in [-0.15, -0.1) is 0 Å². The molecule has 1 amide bonds. The van der Waals surface area contributed by atoms with Gasteiger partial charge in [0, 0.05) is 19.7 Å². The van der Waals surface area contributed by atoms with Crippen LogP contribution in [-0.4, -0.2) is 13.0 Å². The third kappa shape index (κ3) is 2.96. The summed E-state index contributed by atoms with van der Waals surface area (Å²) in [5, 5.41) is 5.26. The maximum absolute atomic E-state index is 10.4. The maximum atomic E-state index is 10.4. The lowest BCUT2D eigenvalue weighted by molar-refractivity contribution is -0.118. The predicted octanol–water partition coefficient (Wildman–Crippen LogP) is -0.510. The van der Waals surface area contributed by atoms with Gasteiger partial charge in [-0.2, -0.15) is 0 Å². The number of nitrogens with one attached hydrogen (secondary N) is 2. The third-order valence-corrected chi connectivity index (χ3v) is 1.09. The molecule has 4 heteroatoms. The van der Waals surface area contributed by atoms with E-state index in [1.165, 1.54) is 6.92 Å². The highest BCUT2D eigenvalue weighted by molar-refractivity contribution is 5.74. The topological polar surface area (TPSA) is 67.2 Å². The molecule has 0 spiro atoms. The average Bonchev–Trinajstić information content (AvgIpc) is 1.85. The zero-order chi connectivity index (χ0) is 8.15. The first kappa shape index (κ1) is 8.81. The monoisotopic (exact) mass is 143 g/mol. The van der Waals surface area contributed by atoms with Crippen molar-refractivity contribution in [3.8, 4) is 0 Å². The summed E-state index contributed by atoms with van der Waals surface area (Å²) in [6, 6.07) is 0. The second kappa shape index (κ2) is 3.76. The van der Waals surface area contributed by atoms with Gasteiger partial charge in [-0.3, -0.25) is 4.79 Å². The zero-order valence-electron chi connectivity index (χ0n) is 6.49. The van der Waals surface area contributed by atoms with Crippen molar-refractivity contribution in [2.75, 3.05) is 7.05 Å². The molecular weight excluding hydrogens is 130 g/mol. The Kier molecular flexibility index (Phi) is 3.32. The molecule has 58 valence electrons. The van der Waals surface area contributed by atoms with Crippen molar-refractivity contribution >= 4 is 5.91 Å². The van der Waals surface area contributed by atoms with E-state index in [1.54, 1.807) is 14.0 Å². The number of nitrogens with two attached hydrogens (primary N) is 1. The van der Waals surface area contributed by atoms with Crippen LogP contribution in [0.25, 0.3) is 0 Å². The van der Waals surface area contributed by atoms with Gasteiger partial charge in [0.1, 0.15) is 5.82 Å².